The number of likely N-dealkylation sites (tertiary alicyclic amines) is 1. The molecule has 0 radical (unpaired) electrons. The van der Waals surface area contributed by atoms with Gasteiger partial charge in [-0.2, -0.15) is 4.98 Å². The summed E-state index contributed by atoms with van der Waals surface area (Å²) in [5.74, 6) is 2.69. The molecule has 0 spiro atoms. The van der Waals surface area contributed by atoms with Crippen molar-refractivity contribution in [3.63, 3.8) is 0 Å². The van der Waals surface area contributed by atoms with Crippen molar-refractivity contribution in [1.82, 2.24) is 20.2 Å². The molecule has 2 aromatic heterocycles. The van der Waals surface area contributed by atoms with Gasteiger partial charge in [-0.05, 0) is 33.2 Å². The summed E-state index contributed by atoms with van der Waals surface area (Å²) in [6.07, 6.45) is 2.22. The van der Waals surface area contributed by atoms with Gasteiger partial charge in [-0.3, -0.25) is 4.90 Å². The molecule has 3 heterocycles. The molecule has 0 N–H and O–H groups in total. The minimum Gasteiger partial charge on any atom is -0.361 e. The third-order valence-corrected chi connectivity index (χ3v) is 4.16. The van der Waals surface area contributed by atoms with E-state index in [9.17, 15) is 0 Å². The van der Waals surface area contributed by atoms with Crippen LogP contribution in [0.2, 0.25) is 0 Å². The van der Waals surface area contributed by atoms with Crippen LogP contribution < -0.4 is 0 Å². The molecule has 0 aromatic carbocycles. The average Bonchev–Trinajstić information content (AvgIpc) is 3.14. The Morgan fingerprint density at radius 2 is 2.05 bits per heavy atom. The first kappa shape index (κ1) is 14.3. The molecule has 1 aliphatic rings. The summed E-state index contributed by atoms with van der Waals surface area (Å²) in [4.78, 5) is 6.95. The summed E-state index contributed by atoms with van der Waals surface area (Å²) in [5, 5.41) is 8.21. The van der Waals surface area contributed by atoms with E-state index in [1.165, 1.54) is 5.56 Å². The maximum atomic E-state index is 5.35. The lowest BCUT2D eigenvalue weighted by Crippen LogP contribution is -2.24. The first-order valence-corrected chi connectivity index (χ1v) is 7.55. The number of aryl methyl sites for hydroxylation is 2. The van der Waals surface area contributed by atoms with Crippen LogP contribution in [0.4, 0.5) is 0 Å². The summed E-state index contributed by atoms with van der Waals surface area (Å²) in [5.41, 5.74) is 2.14. The van der Waals surface area contributed by atoms with Crippen LogP contribution in [0.1, 0.15) is 67.4 Å². The second-order valence-electron chi connectivity index (χ2n) is 6.08. The van der Waals surface area contributed by atoms with Crippen LogP contribution in [0, 0.1) is 13.8 Å². The predicted molar refractivity (Wildman–Crippen MR) is 76.7 cm³/mol. The van der Waals surface area contributed by atoms with Crippen LogP contribution in [-0.2, 0) is 6.54 Å². The Morgan fingerprint density at radius 3 is 2.67 bits per heavy atom. The van der Waals surface area contributed by atoms with E-state index in [4.69, 9.17) is 9.05 Å². The number of aromatic nitrogens is 3. The third-order valence-electron chi connectivity index (χ3n) is 4.16. The highest BCUT2D eigenvalue weighted by molar-refractivity contribution is 5.21. The quantitative estimate of drug-likeness (QED) is 0.861. The molecule has 6 heteroatoms. The maximum absolute atomic E-state index is 5.35. The van der Waals surface area contributed by atoms with E-state index in [1.54, 1.807) is 0 Å². The molecule has 1 saturated heterocycles. The highest BCUT2D eigenvalue weighted by atomic mass is 16.5. The molecule has 0 bridgehead atoms. The van der Waals surface area contributed by atoms with Crippen molar-refractivity contribution in [2.24, 2.45) is 0 Å². The summed E-state index contributed by atoms with van der Waals surface area (Å²) >= 11 is 0. The van der Waals surface area contributed by atoms with Crippen molar-refractivity contribution in [2.75, 3.05) is 6.54 Å². The average molecular weight is 290 g/mol. The fourth-order valence-corrected chi connectivity index (χ4v) is 2.86. The Labute approximate surface area is 124 Å². The minimum atomic E-state index is 0.231. The second kappa shape index (κ2) is 5.60. The van der Waals surface area contributed by atoms with Gasteiger partial charge in [0.05, 0.1) is 11.7 Å². The predicted octanol–water partition coefficient (Wildman–Crippen LogP) is 3.13. The van der Waals surface area contributed by atoms with Gasteiger partial charge < -0.3 is 9.05 Å². The standard InChI is InChI=1S/C15H22N4O2/c1-9(2)15-16-14(18-21-15)13-6-5-7-19(13)8-12-10(3)17-20-11(12)4/h9,13H,5-8H2,1-4H3/t13-/m1/s1. The Hall–Kier alpha value is -1.69. The Morgan fingerprint density at radius 1 is 1.24 bits per heavy atom. The van der Waals surface area contributed by atoms with E-state index in [1.807, 2.05) is 13.8 Å². The molecule has 1 fully saturated rings. The van der Waals surface area contributed by atoms with E-state index >= 15 is 0 Å². The van der Waals surface area contributed by atoms with E-state index in [0.29, 0.717) is 5.89 Å². The van der Waals surface area contributed by atoms with Gasteiger partial charge in [-0.1, -0.05) is 24.2 Å². The molecule has 0 unspecified atom stereocenters. The van der Waals surface area contributed by atoms with Gasteiger partial charge in [0, 0.05) is 18.0 Å². The topological polar surface area (TPSA) is 68.2 Å². The van der Waals surface area contributed by atoms with Gasteiger partial charge in [0.15, 0.2) is 5.82 Å². The maximum Gasteiger partial charge on any atom is 0.229 e. The van der Waals surface area contributed by atoms with Crippen molar-refractivity contribution < 1.29 is 9.05 Å². The van der Waals surface area contributed by atoms with Crippen LogP contribution in [0.5, 0.6) is 0 Å². The van der Waals surface area contributed by atoms with Crippen LogP contribution in [0.25, 0.3) is 0 Å². The first-order chi connectivity index (χ1) is 10.1. The molecule has 0 saturated carbocycles. The highest BCUT2D eigenvalue weighted by Gasteiger charge is 2.31. The second-order valence-corrected chi connectivity index (χ2v) is 6.08. The molecule has 1 aliphatic heterocycles. The van der Waals surface area contributed by atoms with Crippen LogP contribution in [0.3, 0.4) is 0 Å². The summed E-state index contributed by atoms with van der Waals surface area (Å²) < 4.78 is 10.6. The lowest BCUT2D eigenvalue weighted by molar-refractivity contribution is 0.232. The number of hydrogen-bond acceptors (Lipinski definition) is 6. The lowest BCUT2D eigenvalue weighted by Gasteiger charge is -2.21. The van der Waals surface area contributed by atoms with Crippen molar-refractivity contribution in [3.8, 4) is 0 Å². The molecule has 21 heavy (non-hydrogen) atoms. The molecular formula is C15H22N4O2. The van der Waals surface area contributed by atoms with Gasteiger partial charge >= 0.3 is 0 Å². The van der Waals surface area contributed by atoms with Gasteiger partial charge in [0.2, 0.25) is 5.89 Å². The van der Waals surface area contributed by atoms with Gasteiger partial charge in [0.25, 0.3) is 0 Å². The number of hydrogen-bond donors (Lipinski definition) is 0. The van der Waals surface area contributed by atoms with Crippen molar-refractivity contribution in [1.29, 1.82) is 0 Å². The van der Waals surface area contributed by atoms with Crippen molar-refractivity contribution >= 4 is 0 Å². The molecular weight excluding hydrogens is 268 g/mol. The fraction of sp³-hybridized carbons (Fsp3) is 0.667. The summed E-state index contributed by atoms with van der Waals surface area (Å²) in [6.45, 7) is 9.95. The molecule has 2 aromatic rings. The van der Waals surface area contributed by atoms with Gasteiger partial charge in [-0.15, -0.1) is 0 Å². The Balaban J connectivity index is 1.79. The minimum absolute atomic E-state index is 0.231. The largest absolute Gasteiger partial charge is 0.361 e. The smallest absolute Gasteiger partial charge is 0.229 e. The van der Waals surface area contributed by atoms with Crippen LogP contribution in [0.15, 0.2) is 9.05 Å². The Bertz CT molecular complexity index is 597. The summed E-state index contributed by atoms with van der Waals surface area (Å²) in [6, 6.07) is 0.231. The van der Waals surface area contributed by atoms with E-state index in [2.05, 4.69) is 34.0 Å². The number of rotatable bonds is 4. The van der Waals surface area contributed by atoms with Crippen LogP contribution >= 0.6 is 0 Å². The zero-order chi connectivity index (χ0) is 15.0. The van der Waals surface area contributed by atoms with Gasteiger partial charge in [-0.25, -0.2) is 0 Å². The van der Waals surface area contributed by atoms with E-state index in [0.717, 1.165) is 43.2 Å². The number of nitrogens with zero attached hydrogens (tertiary/aromatic N) is 4. The van der Waals surface area contributed by atoms with E-state index in [-0.39, 0.29) is 12.0 Å². The highest BCUT2D eigenvalue weighted by Crippen LogP contribution is 2.33. The van der Waals surface area contributed by atoms with Gasteiger partial charge in [0.1, 0.15) is 5.76 Å². The van der Waals surface area contributed by atoms with E-state index < -0.39 is 0 Å². The zero-order valence-electron chi connectivity index (χ0n) is 13.1. The lowest BCUT2D eigenvalue weighted by atomic mass is 10.1. The van der Waals surface area contributed by atoms with Crippen molar-refractivity contribution in [3.05, 3.63) is 28.7 Å². The summed E-state index contributed by atoms with van der Waals surface area (Å²) in [7, 11) is 0. The molecule has 3 rings (SSSR count). The molecule has 1 atom stereocenters. The monoisotopic (exact) mass is 290 g/mol. The molecule has 114 valence electrons. The first-order valence-electron chi connectivity index (χ1n) is 7.55. The Kier molecular flexibility index (Phi) is 3.80. The fourth-order valence-electron chi connectivity index (χ4n) is 2.86. The SMILES string of the molecule is Cc1noc(C)c1CN1CCC[C@@H]1c1noc(C(C)C)n1. The normalized spacial score (nSPS) is 19.8. The van der Waals surface area contributed by atoms with Crippen LogP contribution in [-0.4, -0.2) is 26.7 Å². The molecule has 0 amide bonds. The third kappa shape index (κ3) is 2.72. The molecule has 6 nitrogen and oxygen atoms in total. The molecule has 0 aliphatic carbocycles. The zero-order valence-corrected chi connectivity index (χ0v) is 13.1. The van der Waals surface area contributed by atoms with Crippen molar-refractivity contribution in [2.45, 2.75) is 59.0 Å².